The molecule has 0 bridgehead atoms. The van der Waals surface area contributed by atoms with Gasteiger partial charge in [-0.3, -0.25) is 19.9 Å². The maximum Gasteiger partial charge on any atom is 0.278 e. The Labute approximate surface area is 133 Å². The number of nitro groups is 1. The van der Waals surface area contributed by atoms with Gasteiger partial charge < -0.3 is 10.4 Å². The number of nitro benzene ring substituents is 1. The Hall–Kier alpha value is -2.54. The number of hydrogen-bond acceptors (Lipinski definition) is 5. The molecule has 23 heavy (non-hydrogen) atoms. The lowest BCUT2D eigenvalue weighted by atomic mass is 9.97. The molecule has 7 heteroatoms. The van der Waals surface area contributed by atoms with E-state index in [1.807, 2.05) is 13.8 Å². The van der Waals surface area contributed by atoms with E-state index in [2.05, 4.69) is 10.3 Å². The number of carbonyl (C=O) groups excluding carboxylic acids is 1. The van der Waals surface area contributed by atoms with Gasteiger partial charge >= 0.3 is 0 Å². The van der Waals surface area contributed by atoms with Gasteiger partial charge in [0.1, 0.15) is 0 Å². The molecule has 1 aromatic heterocycles. The summed E-state index contributed by atoms with van der Waals surface area (Å²) in [7, 11) is 0. The van der Waals surface area contributed by atoms with Gasteiger partial charge in [-0.1, -0.05) is 13.8 Å². The summed E-state index contributed by atoms with van der Waals surface area (Å²) in [5.74, 6) is -0.413. The highest BCUT2D eigenvalue weighted by molar-refractivity contribution is 6.07. The van der Waals surface area contributed by atoms with Gasteiger partial charge in [0, 0.05) is 18.8 Å². The summed E-state index contributed by atoms with van der Waals surface area (Å²) in [6, 6.07) is 5.83. The Kier molecular flexibility index (Phi) is 4.90. The first kappa shape index (κ1) is 16.8. The van der Waals surface area contributed by atoms with Crippen LogP contribution in [0.5, 0.6) is 0 Å². The minimum Gasteiger partial charge on any atom is -0.388 e. The smallest absolute Gasteiger partial charge is 0.278 e. The number of pyridine rings is 1. The Morgan fingerprint density at radius 2 is 2.04 bits per heavy atom. The molecule has 2 rings (SSSR count). The number of nitrogens with zero attached hydrogens (tertiary/aromatic N) is 2. The Balaban J connectivity index is 2.35. The molecule has 0 aliphatic carbocycles. The predicted molar refractivity (Wildman–Crippen MR) is 86.3 cm³/mol. The zero-order chi connectivity index (χ0) is 17.0. The zero-order valence-corrected chi connectivity index (χ0v) is 13.1. The number of rotatable bonds is 6. The second kappa shape index (κ2) is 6.70. The van der Waals surface area contributed by atoms with Crippen LogP contribution in [0.3, 0.4) is 0 Å². The number of amides is 1. The third-order valence-corrected chi connectivity index (χ3v) is 4.08. The van der Waals surface area contributed by atoms with Gasteiger partial charge in [-0.25, -0.2) is 0 Å². The van der Waals surface area contributed by atoms with Crippen molar-refractivity contribution in [3.63, 3.8) is 0 Å². The summed E-state index contributed by atoms with van der Waals surface area (Å²) in [6.07, 6.45) is 2.52. The molecule has 0 spiro atoms. The van der Waals surface area contributed by atoms with E-state index >= 15 is 0 Å². The van der Waals surface area contributed by atoms with E-state index in [0.29, 0.717) is 18.2 Å². The van der Waals surface area contributed by atoms with Crippen LogP contribution in [0.25, 0.3) is 10.9 Å². The van der Waals surface area contributed by atoms with E-state index < -0.39 is 16.4 Å². The molecule has 122 valence electrons. The molecule has 0 atom stereocenters. The highest BCUT2D eigenvalue weighted by Crippen LogP contribution is 2.26. The summed E-state index contributed by atoms with van der Waals surface area (Å²) >= 11 is 0. The van der Waals surface area contributed by atoms with E-state index in [1.165, 1.54) is 18.3 Å². The van der Waals surface area contributed by atoms with Gasteiger partial charge in [0.15, 0.2) is 0 Å². The van der Waals surface area contributed by atoms with Crippen LogP contribution in [0.1, 0.15) is 37.0 Å². The van der Waals surface area contributed by atoms with Crippen molar-refractivity contribution in [3.8, 4) is 0 Å². The van der Waals surface area contributed by atoms with Crippen molar-refractivity contribution in [2.24, 2.45) is 0 Å². The molecule has 1 heterocycles. The molecule has 1 amide bonds. The first-order valence-electron chi connectivity index (χ1n) is 7.44. The Morgan fingerprint density at radius 3 is 2.65 bits per heavy atom. The van der Waals surface area contributed by atoms with Crippen LogP contribution in [0.4, 0.5) is 5.69 Å². The fraction of sp³-hybridized carbons (Fsp3) is 0.375. The second-order valence-electron chi connectivity index (χ2n) is 5.40. The predicted octanol–water partition coefficient (Wildman–Crippen LogP) is 2.42. The van der Waals surface area contributed by atoms with Gasteiger partial charge in [-0.05, 0) is 31.0 Å². The molecule has 1 aromatic carbocycles. The number of hydrogen-bond donors (Lipinski definition) is 2. The quantitative estimate of drug-likeness (QED) is 0.629. The van der Waals surface area contributed by atoms with Crippen molar-refractivity contribution in [2.75, 3.05) is 6.54 Å². The number of aromatic nitrogens is 1. The monoisotopic (exact) mass is 317 g/mol. The van der Waals surface area contributed by atoms with Gasteiger partial charge in [0.2, 0.25) is 0 Å². The van der Waals surface area contributed by atoms with Crippen molar-refractivity contribution < 1.29 is 14.8 Å². The van der Waals surface area contributed by atoms with Crippen LogP contribution >= 0.6 is 0 Å². The highest BCUT2D eigenvalue weighted by atomic mass is 16.6. The van der Waals surface area contributed by atoms with E-state index in [-0.39, 0.29) is 23.3 Å². The van der Waals surface area contributed by atoms with Crippen molar-refractivity contribution in [1.29, 1.82) is 0 Å². The van der Waals surface area contributed by atoms with Crippen LogP contribution in [0, 0.1) is 10.1 Å². The number of benzene rings is 1. The number of fused-ring (bicyclic) bond motifs is 1. The maximum absolute atomic E-state index is 12.4. The molecule has 7 nitrogen and oxygen atoms in total. The molecule has 0 fully saturated rings. The van der Waals surface area contributed by atoms with Gasteiger partial charge in [-0.2, -0.15) is 0 Å². The van der Waals surface area contributed by atoms with Gasteiger partial charge in [-0.15, -0.1) is 0 Å². The van der Waals surface area contributed by atoms with Crippen LogP contribution in [0.2, 0.25) is 0 Å². The number of nitrogens with one attached hydrogen (secondary N) is 1. The number of aliphatic hydroxyl groups is 1. The van der Waals surface area contributed by atoms with E-state index in [9.17, 15) is 20.0 Å². The molecular weight excluding hydrogens is 298 g/mol. The maximum atomic E-state index is 12.4. The second-order valence-corrected chi connectivity index (χ2v) is 5.40. The number of non-ortho nitro benzene ring substituents is 1. The molecule has 0 saturated heterocycles. The standard InChI is InChI=1S/C16H19N3O4/c1-3-16(21,4-2)10-18-15(20)12-7-8-13(19(22)23)11-6-5-9-17-14(11)12/h5-9,21H,3-4,10H2,1-2H3,(H,18,20). The van der Waals surface area contributed by atoms with Gasteiger partial charge in [0.05, 0.1) is 27.0 Å². The topological polar surface area (TPSA) is 105 Å². The van der Waals surface area contributed by atoms with E-state index in [4.69, 9.17) is 0 Å². The summed E-state index contributed by atoms with van der Waals surface area (Å²) in [4.78, 5) is 27.1. The average Bonchev–Trinajstić information content (AvgIpc) is 2.58. The molecule has 0 aliphatic heterocycles. The molecule has 0 saturated carbocycles. The van der Waals surface area contributed by atoms with E-state index in [0.717, 1.165) is 0 Å². The normalized spacial score (nSPS) is 11.4. The fourth-order valence-electron chi connectivity index (χ4n) is 2.34. The number of carbonyl (C=O) groups is 1. The van der Waals surface area contributed by atoms with Crippen molar-refractivity contribution in [1.82, 2.24) is 10.3 Å². The first-order chi connectivity index (χ1) is 10.9. The lowest BCUT2D eigenvalue weighted by Crippen LogP contribution is -2.42. The molecule has 0 radical (unpaired) electrons. The summed E-state index contributed by atoms with van der Waals surface area (Å²) in [6.45, 7) is 3.81. The lowest BCUT2D eigenvalue weighted by molar-refractivity contribution is -0.383. The lowest BCUT2D eigenvalue weighted by Gasteiger charge is -2.25. The average molecular weight is 317 g/mol. The molecule has 0 aliphatic rings. The van der Waals surface area contributed by atoms with Gasteiger partial charge in [0.25, 0.3) is 11.6 Å². The Morgan fingerprint density at radius 1 is 1.35 bits per heavy atom. The van der Waals surface area contributed by atoms with Crippen LogP contribution < -0.4 is 5.32 Å². The molecule has 2 N–H and O–H groups in total. The molecular formula is C16H19N3O4. The molecule has 0 unspecified atom stereocenters. The summed E-state index contributed by atoms with van der Waals surface area (Å²) < 4.78 is 0. The van der Waals surface area contributed by atoms with Crippen molar-refractivity contribution in [3.05, 3.63) is 46.1 Å². The first-order valence-corrected chi connectivity index (χ1v) is 7.44. The summed E-state index contributed by atoms with van der Waals surface area (Å²) in [5, 5.41) is 24.3. The van der Waals surface area contributed by atoms with Crippen molar-refractivity contribution >= 4 is 22.5 Å². The van der Waals surface area contributed by atoms with Crippen LogP contribution in [-0.2, 0) is 0 Å². The van der Waals surface area contributed by atoms with Crippen LogP contribution in [0.15, 0.2) is 30.5 Å². The summed E-state index contributed by atoms with van der Waals surface area (Å²) in [5.41, 5.74) is -0.528. The minimum absolute atomic E-state index is 0.0942. The minimum atomic E-state index is -0.959. The SMILES string of the molecule is CCC(O)(CC)CNC(=O)c1ccc([N+](=O)[O-])c2cccnc12. The highest BCUT2D eigenvalue weighted by Gasteiger charge is 2.24. The third-order valence-electron chi connectivity index (χ3n) is 4.08. The van der Waals surface area contributed by atoms with Crippen LogP contribution in [-0.4, -0.2) is 33.1 Å². The largest absolute Gasteiger partial charge is 0.388 e. The zero-order valence-electron chi connectivity index (χ0n) is 13.1. The fourth-order valence-corrected chi connectivity index (χ4v) is 2.34. The molecule has 2 aromatic rings. The van der Waals surface area contributed by atoms with Crippen molar-refractivity contribution in [2.45, 2.75) is 32.3 Å². The van der Waals surface area contributed by atoms with E-state index in [1.54, 1.807) is 12.1 Å². The Bertz CT molecular complexity index is 741. The third kappa shape index (κ3) is 3.45.